The molecule has 0 fully saturated rings. The molecule has 20 heavy (non-hydrogen) atoms. The largest absolute Gasteiger partial charge is 0.354 e. The lowest BCUT2D eigenvalue weighted by Gasteiger charge is -1.99. The van der Waals surface area contributed by atoms with Crippen LogP contribution in [0.2, 0.25) is 0 Å². The van der Waals surface area contributed by atoms with Gasteiger partial charge in [-0.15, -0.1) is 0 Å². The monoisotopic (exact) mass is 274 g/mol. The van der Waals surface area contributed by atoms with Crippen molar-refractivity contribution in [1.82, 2.24) is 0 Å². The maximum atomic E-state index is 3.89. The van der Waals surface area contributed by atoms with Crippen LogP contribution in [0.4, 0.5) is 0 Å². The van der Waals surface area contributed by atoms with Crippen LogP contribution in [0.5, 0.6) is 0 Å². The summed E-state index contributed by atoms with van der Waals surface area (Å²) in [6, 6.07) is 8.61. The van der Waals surface area contributed by atoms with Gasteiger partial charge in [-0.2, -0.15) is 0 Å². The molecule has 0 bridgehead atoms. The van der Waals surface area contributed by atoms with Crippen LogP contribution in [0.15, 0.2) is 49.1 Å². The molecule has 4 nitrogen and oxygen atoms in total. The fourth-order valence-electron chi connectivity index (χ4n) is 2.20. The van der Waals surface area contributed by atoms with Crippen LogP contribution in [0.25, 0.3) is 0 Å². The van der Waals surface area contributed by atoms with E-state index in [4.69, 9.17) is 0 Å². The average Bonchev–Trinajstić information content (AvgIpc) is 2.53. The van der Waals surface area contributed by atoms with E-state index in [9.17, 15) is 0 Å². The van der Waals surface area contributed by atoms with Gasteiger partial charge in [0.2, 0.25) is 0 Å². The van der Waals surface area contributed by atoms with Crippen LogP contribution in [-0.2, 0) is 26.2 Å². The molecule has 106 valence electrons. The smallest absolute Gasteiger partial charge is 0.169 e. The number of rotatable bonds is 7. The quantitative estimate of drug-likeness (QED) is 0.492. The van der Waals surface area contributed by atoms with E-state index in [1.54, 1.807) is 0 Å². The zero-order valence-corrected chi connectivity index (χ0v) is 12.2. The Kier molecular flexibility index (Phi) is 5.65. The minimum absolute atomic E-state index is 0.862. The van der Waals surface area contributed by atoms with Gasteiger partial charge in [0.05, 0.1) is 0 Å². The highest BCUT2D eigenvalue weighted by atomic mass is 14.9. The molecule has 0 spiro atoms. The molecule has 2 heterocycles. The second-order valence-electron chi connectivity index (χ2n) is 5.10. The van der Waals surface area contributed by atoms with Crippen molar-refractivity contribution in [2.24, 2.45) is 0 Å². The van der Waals surface area contributed by atoms with E-state index < -0.39 is 0 Å². The molecule has 0 aromatic carbocycles. The van der Waals surface area contributed by atoms with Crippen molar-refractivity contribution in [3.8, 4) is 0 Å². The molecule has 0 unspecified atom stereocenters. The van der Waals surface area contributed by atoms with Gasteiger partial charge in [0.25, 0.3) is 0 Å². The standard InChI is InChI=1S/C16H24N4/c17-13-15-3-9-19(10-4-15)7-1-2-8-20-11-5-16(14-18)6-12-20/h3-6,9-12H,1-2,7-8,13-14,17-18H2/q+2/p+2. The molecule has 4 heteroatoms. The molecular weight excluding hydrogens is 248 g/mol. The van der Waals surface area contributed by atoms with Crippen molar-refractivity contribution in [2.45, 2.75) is 39.0 Å². The third-order valence-corrected chi connectivity index (χ3v) is 3.58. The van der Waals surface area contributed by atoms with Crippen LogP contribution in [0.3, 0.4) is 0 Å². The Morgan fingerprint density at radius 3 is 1.30 bits per heavy atom. The summed E-state index contributed by atoms with van der Waals surface area (Å²) >= 11 is 0. The molecule has 0 aliphatic heterocycles. The van der Waals surface area contributed by atoms with Gasteiger partial charge in [-0.3, -0.25) is 0 Å². The third-order valence-electron chi connectivity index (χ3n) is 3.58. The van der Waals surface area contributed by atoms with Crippen molar-refractivity contribution in [3.63, 3.8) is 0 Å². The summed E-state index contributed by atoms with van der Waals surface area (Å²) in [7, 11) is 0. The summed E-state index contributed by atoms with van der Waals surface area (Å²) in [6.07, 6.45) is 11.0. The van der Waals surface area contributed by atoms with Crippen LogP contribution >= 0.6 is 0 Å². The van der Waals surface area contributed by atoms with E-state index in [1.807, 2.05) is 0 Å². The molecule has 0 saturated carbocycles. The molecule has 0 saturated heterocycles. The molecular formula is C16H26N4+4. The minimum atomic E-state index is 0.862. The van der Waals surface area contributed by atoms with Crippen molar-refractivity contribution in [3.05, 3.63) is 60.2 Å². The lowest BCUT2D eigenvalue weighted by Crippen LogP contribution is -2.47. The first-order chi connectivity index (χ1) is 9.81. The number of aromatic nitrogens is 2. The van der Waals surface area contributed by atoms with Gasteiger partial charge in [-0.25, -0.2) is 9.13 Å². The lowest BCUT2D eigenvalue weighted by atomic mass is 10.2. The molecule has 0 atom stereocenters. The fraction of sp³-hybridized carbons (Fsp3) is 0.375. The van der Waals surface area contributed by atoms with Crippen molar-refractivity contribution in [1.29, 1.82) is 0 Å². The second-order valence-corrected chi connectivity index (χ2v) is 5.10. The Bertz CT molecular complexity index is 456. The topological polar surface area (TPSA) is 63.0 Å². The molecule has 0 amide bonds. The molecule has 0 aliphatic carbocycles. The number of aryl methyl sites for hydroxylation is 2. The summed E-state index contributed by atoms with van der Waals surface area (Å²) in [5, 5.41) is 0. The molecule has 6 N–H and O–H groups in total. The fourth-order valence-corrected chi connectivity index (χ4v) is 2.20. The van der Waals surface area contributed by atoms with E-state index in [0.717, 1.165) is 26.2 Å². The SMILES string of the molecule is [NH3+]Cc1cc[n+](CCCC[n+]2ccc(C[NH3+])cc2)cc1. The highest BCUT2D eigenvalue weighted by Crippen LogP contribution is 1.95. The van der Waals surface area contributed by atoms with Crippen molar-refractivity contribution in [2.75, 3.05) is 0 Å². The highest BCUT2D eigenvalue weighted by Gasteiger charge is 2.04. The van der Waals surface area contributed by atoms with E-state index in [2.05, 4.69) is 69.7 Å². The number of pyridine rings is 2. The predicted molar refractivity (Wildman–Crippen MR) is 75.7 cm³/mol. The average molecular weight is 274 g/mol. The Morgan fingerprint density at radius 1 is 0.650 bits per heavy atom. The molecule has 0 radical (unpaired) electrons. The maximum Gasteiger partial charge on any atom is 0.169 e. The molecule has 2 aromatic rings. The Labute approximate surface area is 120 Å². The summed E-state index contributed by atoms with van der Waals surface area (Å²) in [5.41, 5.74) is 10.4. The van der Waals surface area contributed by atoms with Crippen LogP contribution in [-0.4, -0.2) is 0 Å². The predicted octanol–water partition coefficient (Wildman–Crippen LogP) is -0.774. The summed E-state index contributed by atoms with van der Waals surface area (Å²) < 4.78 is 4.49. The van der Waals surface area contributed by atoms with Crippen LogP contribution < -0.4 is 20.6 Å². The number of unbranched alkanes of at least 4 members (excludes halogenated alkanes) is 1. The van der Waals surface area contributed by atoms with Crippen LogP contribution in [0, 0.1) is 0 Å². The highest BCUT2D eigenvalue weighted by molar-refractivity contribution is 5.05. The normalized spacial score (nSPS) is 10.7. The zero-order valence-electron chi connectivity index (χ0n) is 12.2. The van der Waals surface area contributed by atoms with Gasteiger partial charge in [0.15, 0.2) is 24.8 Å². The second kappa shape index (κ2) is 7.72. The number of quaternary nitrogens is 2. The Balaban J connectivity index is 1.72. The lowest BCUT2D eigenvalue weighted by molar-refractivity contribution is -0.708. The van der Waals surface area contributed by atoms with Gasteiger partial charge in [0, 0.05) is 48.2 Å². The Hall–Kier alpha value is -1.78. The number of hydrogen-bond donors (Lipinski definition) is 2. The number of hydrogen-bond acceptors (Lipinski definition) is 0. The van der Waals surface area contributed by atoms with E-state index in [-0.39, 0.29) is 0 Å². The first-order valence-electron chi connectivity index (χ1n) is 7.36. The van der Waals surface area contributed by atoms with E-state index in [1.165, 1.54) is 24.0 Å². The van der Waals surface area contributed by atoms with Crippen molar-refractivity contribution >= 4 is 0 Å². The van der Waals surface area contributed by atoms with Crippen LogP contribution in [0.1, 0.15) is 24.0 Å². The van der Waals surface area contributed by atoms with E-state index >= 15 is 0 Å². The van der Waals surface area contributed by atoms with Gasteiger partial charge < -0.3 is 11.5 Å². The molecule has 2 rings (SSSR count). The zero-order chi connectivity index (χ0) is 14.2. The van der Waals surface area contributed by atoms with Gasteiger partial charge in [-0.1, -0.05) is 0 Å². The molecule has 0 aliphatic rings. The summed E-state index contributed by atoms with van der Waals surface area (Å²) in [6.45, 7) is 3.88. The van der Waals surface area contributed by atoms with Gasteiger partial charge in [-0.05, 0) is 0 Å². The number of nitrogens with zero attached hydrogens (tertiary/aromatic N) is 2. The van der Waals surface area contributed by atoms with E-state index in [0.29, 0.717) is 0 Å². The summed E-state index contributed by atoms with van der Waals surface area (Å²) in [4.78, 5) is 0. The summed E-state index contributed by atoms with van der Waals surface area (Å²) in [5.74, 6) is 0. The van der Waals surface area contributed by atoms with Crippen molar-refractivity contribution < 1.29 is 20.6 Å². The Morgan fingerprint density at radius 2 is 1.00 bits per heavy atom. The maximum absolute atomic E-state index is 3.89. The molecule has 2 aromatic heterocycles. The van der Waals surface area contributed by atoms with Gasteiger partial charge in [0.1, 0.15) is 26.2 Å². The third kappa shape index (κ3) is 4.40. The first-order valence-corrected chi connectivity index (χ1v) is 7.36. The minimum Gasteiger partial charge on any atom is -0.354 e. The van der Waals surface area contributed by atoms with Gasteiger partial charge >= 0.3 is 0 Å². The first kappa shape index (κ1) is 14.6.